The Balaban J connectivity index is 1.50. The molecule has 3 heterocycles. The van der Waals surface area contributed by atoms with Crippen molar-refractivity contribution in [3.8, 4) is 11.5 Å². The molecule has 1 amide bonds. The van der Waals surface area contributed by atoms with Crippen LogP contribution in [-0.2, 0) is 10.5 Å². The van der Waals surface area contributed by atoms with Gasteiger partial charge in [-0.15, -0.1) is 21.5 Å². The summed E-state index contributed by atoms with van der Waals surface area (Å²) < 4.78 is 11.0. The summed E-state index contributed by atoms with van der Waals surface area (Å²) in [5.41, 5.74) is 4.68. The van der Waals surface area contributed by atoms with E-state index in [0.29, 0.717) is 22.0 Å². The molecule has 0 N–H and O–H groups in total. The van der Waals surface area contributed by atoms with Gasteiger partial charge in [0.1, 0.15) is 5.76 Å². The second-order valence-electron chi connectivity index (χ2n) is 6.75. The van der Waals surface area contributed by atoms with Crippen LogP contribution in [0.15, 0.2) is 50.0 Å². The molecule has 0 aliphatic heterocycles. The van der Waals surface area contributed by atoms with Crippen molar-refractivity contribution in [1.29, 1.82) is 0 Å². The van der Waals surface area contributed by atoms with Crippen molar-refractivity contribution >= 4 is 39.8 Å². The second-order valence-corrected chi connectivity index (χ2v) is 8.51. The minimum atomic E-state index is -0.0747. The summed E-state index contributed by atoms with van der Waals surface area (Å²) in [6, 6.07) is 7.72. The molecule has 4 rings (SSSR count). The SMILES string of the molecule is CC(=O)N(c1nc(CSc2nnc(-c3ccoc3C)o2)cs1)c1cccc(C)c1C. The van der Waals surface area contributed by atoms with Crippen molar-refractivity contribution in [1.82, 2.24) is 15.2 Å². The van der Waals surface area contributed by atoms with Gasteiger partial charge in [0.2, 0.25) is 5.91 Å². The Hall–Kier alpha value is -2.91. The van der Waals surface area contributed by atoms with Crippen LogP contribution < -0.4 is 4.90 Å². The van der Waals surface area contributed by atoms with E-state index in [9.17, 15) is 4.79 Å². The lowest BCUT2D eigenvalue weighted by molar-refractivity contribution is -0.115. The summed E-state index contributed by atoms with van der Waals surface area (Å²) in [5, 5.41) is 11.2. The maximum atomic E-state index is 12.4. The van der Waals surface area contributed by atoms with Crippen molar-refractivity contribution < 1.29 is 13.6 Å². The van der Waals surface area contributed by atoms with E-state index in [1.165, 1.54) is 23.1 Å². The Bertz CT molecular complexity index is 1190. The minimum Gasteiger partial charge on any atom is -0.469 e. The molecule has 0 saturated carbocycles. The molecule has 0 spiro atoms. The van der Waals surface area contributed by atoms with Crippen molar-refractivity contribution in [2.24, 2.45) is 0 Å². The number of anilines is 2. The predicted molar refractivity (Wildman–Crippen MR) is 117 cm³/mol. The van der Waals surface area contributed by atoms with Gasteiger partial charge in [-0.2, -0.15) is 0 Å². The number of hydrogen-bond acceptors (Lipinski definition) is 8. The van der Waals surface area contributed by atoms with E-state index in [-0.39, 0.29) is 5.91 Å². The fourth-order valence-electron chi connectivity index (χ4n) is 2.97. The Morgan fingerprint density at radius 2 is 2.03 bits per heavy atom. The summed E-state index contributed by atoms with van der Waals surface area (Å²) in [4.78, 5) is 18.7. The number of furan rings is 1. The molecule has 0 unspecified atom stereocenters. The average molecular weight is 441 g/mol. The van der Waals surface area contributed by atoms with Crippen molar-refractivity contribution in [2.45, 2.75) is 38.7 Å². The first kappa shape index (κ1) is 20.4. The van der Waals surface area contributed by atoms with E-state index in [1.807, 2.05) is 44.4 Å². The van der Waals surface area contributed by atoms with Gasteiger partial charge in [0, 0.05) is 18.1 Å². The van der Waals surface area contributed by atoms with Gasteiger partial charge in [-0.3, -0.25) is 9.69 Å². The molecule has 0 radical (unpaired) electrons. The van der Waals surface area contributed by atoms with Crippen LogP contribution in [0.2, 0.25) is 0 Å². The molecule has 0 fully saturated rings. The third-order valence-electron chi connectivity index (χ3n) is 4.70. The monoisotopic (exact) mass is 440 g/mol. The second kappa shape index (κ2) is 8.45. The molecule has 0 saturated heterocycles. The zero-order valence-corrected chi connectivity index (χ0v) is 18.6. The van der Waals surface area contributed by atoms with Crippen LogP contribution in [0.4, 0.5) is 10.8 Å². The van der Waals surface area contributed by atoms with E-state index in [4.69, 9.17) is 8.83 Å². The number of carbonyl (C=O) groups excluding carboxylic acids is 1. The number of thiazole rings is 1. The molecule has 9 heteroatoms. The van der Waals surface area contributed by atoms with Crippen LogP contribution in [0.25, 0.3) is 11.5 Å². The third kappa shape index (κ3) is 4.03. The summed E-state index contributed by atoms with van der Waals surface area (Å²) in [6.45, 7) is 7.44. The first-order valence-corrected chi connectivity index (χ1v) is 11.1. The van der Waals surface area contributed by atoms with Gasteiger partial charge < -0.3 is 8.83 Å². The normalized spacial score (nSPS) is 11.1. The topological polar surface area (TPSA) is 85.3 Å². The lowest BCUT2D eigenvalue weighted by Crippen LogP contribution is -2.23. The highest BCUT2D eigenvalue weighted by molar-refractivity contribution is 7.98. The van der Waals surface area contributed by atoms with Crippen LogP contribution in [0.5, 0.6) is 0 Å². The molecule has 0 aliphatic carbocycles. The first-order valence-electron chi connectivity index (χ1n) is 9.26. The van der Waals surface area contributed by atoms with E-state index >= 15 is 0 Å². The smallest absolute Gasteiger partial charge is 0.277 e. The molecule has 30 heavy (non-hydrogen) atoms. The quantitative estimate of drug-likeness (QED) is 0.356. The number of benzene rings is 1. The van der Waals surface area contributed by atoms with Crippen molar-refractivity contribution in [3.63, 3.8) is 0 Å². The standard InChI is InChI=1S/C21H20N4O3S2/c1-12-6-5-7-18(13(12)2)25(15(4)26)20-22-16(10-29-20)11-30-21-24-23-19(28-21)17-8-9-27-14(17)3/h5-10H,11H2,1-4H3. The molecule has 4 aromatic rings. The number of rotatable bonds is 6. The largest absolute Gasteiger partial charge is 0.469 e. The summed E-state index contributed by atoms with van der Waals surface area (Å²) in [6.07, 6.45) is 1.59. The predicted octanol–water partition coefficient (Wildman–Crippen LogP) is 5.69. The number of thioether (sulfide) groups is 1. The number of carbonyl (C=O) groups is 1. The van der Waals surface area contributed by atoms with Crippen molar-refractivity contribution in [2.75, 3.05) is 4.90 Å². The molecule has 0 atom stereocenters. The van der Waals surface area contributed by atoms with E-state index in [0.717, 1.165) is 33.8 Å². The van der Waals surface area contributed by atoms with Crippen molar-refractivity contribution in [3.05, 3.63) is 58.5 Å². The van der Waals surface area contributed by atoms with Gasteiger partial charge in [-0.1, -0.05) is 23.9 Å². The molecule has 1 aromatic carbocycles. The molecular weight excluding hydrogens is 420 g/mol. The Morgan fingerprint density at radius 3 is 2.77 bits per heavy atom. The number of aromatic nitrogens is 3. The maximum absolute atomic E-state index is 12.4. The van der Waals surface area contributed by atoms with Gasteiger partial charge in [-0.25, -0.2) is 4.98 Å². The molecule has 3 aromatic heterocycles. The molecule has 0 aliphatic rings. The van der Waals surface area contributed by atoms with Gasteiger partial charge in [0.05, 0.1) is 23.2 Å². The van der Waals surface area contributed by atoms with E-state index < -0.39 is 0 Å². The van der Waals surface area contributed by atoms with Gasteiger partial charge in [-0.05, 0) is 44.0 Å². The molecule has 0 bridgehead atoms. The number of aryl methyl sites for hydroxylation is 2. The highest BCUT2D eigenvalue weighted by Gasteiger charge is 2.21. The Kier molecular flexibility index (Phi) is 5.74. The lowest BCUT2D eigenvalue weighted by Gasteiger charge is -2.21. The van der Waals surface area contributed by atoms with Crippen LogP contribution >= 0.6 is 23.1 Å². The zero-order chi connectivity index (χ0) is 21.3. The van der Waals surface area contributed by atoms with Crippen LogP contribution in [-0.4, -0.2) is 21.1 Å². The molecule has 154 valence electrons. The lowest BCUT2D eigenvalue weighted by atomic mass is 10.1. The summed E-state index contributed by atoms with van der Waals surface area (Å²) >= 11 is 2.84. The maximum Gasteiger partial charge on any atom is 0.277 e. The fraction of sp³-hybridized carbons (Fsp3) is 0.238. The Labute approximate surface area is 182 Å². The van der Waals surface area contributed by atoms with Gasteiger partial charge >= 0.3 is 0 Å². The summed E-state index contributed by atoms with van der Waals surface area (Å²) in [5.74, 6) is 1.64. The minimum absolute atomic E-state index is 0.0747. The molecular formula is C21H20N4O3S2. The zero-order valence-electron chi connectivity index (χ0n) is 17.0. The number of nitrogens with zero attached hydrogens (tertiary/aromatic N) is 4. The average Bonchev–Trinajstić information content (AvgIpc) is 3.44. The fourth-order valence-corrected chi connectivity index (χ4v) is 4.61. The molecule has 7 nitrogen and oxygen atoms in total. The Morgan fingerprint density at radius 1 is 1.20 bits per heavy atom. The van der Waals surface area contributed by atoms with E-state index in [2.05, 4.69) is 15.2 Å². The van der Waals surface area contributed by atoms with Crippen LogP contribution in [0.3, 0.4) is 0 Å². The first-order chi connectivity index (χ1) is 14.4. The highest BCUT2D eigenvalue weighted by atomic mass is 32.2. The van der Waals surface area contributed by atoms with Gasteiger partial charge in [0.25, 0.3) is 11.1 Å². The summed E-state index contributed by atoms with van der Waals surface area (Å²) in [7, 11) is 0. The van der Waals surface area contributed by atoms with E-state index in [1.54, 1.807) is 24.2 Å². The number of amides is 1. The van der Waals surface area contributed by atoms with Crippen LogP contribution in [0.1, 0.15) is 29.5 Å². The highest BCUT2D eigenvalue weighted by Crippen LogP contribution is 2.34. The van der Waals surface area contributed by atoms with Gasteiger partial charge in [0.15, 0.2) is 5.13 Å². The third-order valence-corrected chi connectivity index (χ3v) is 6.43. The van der Waals surface area contributed by atoms with Crippen LogP contribution in [0, 0.1) is 20.8 Å². The number of hydrogen-bond donors (Lipinski definition) is 0.